The van der Waals surface area contributed by atoms with E-state index in [1.807, 2.05) is 29.2 Å². The molecule has 3 nitrogen and oxygen atoms in total. The summed E-state index contributed by atoms with van der Waals surface area (Å²) in [5.41, 5.74) is 0.849. The minimum absolute atomic E-state index is 0.00604. The Balaban J connectivity index is 1.65. The van der Waals surface area contributed by atoms with E-state index in [0.717, 1.165) is 24.9 Å². The van der Waals surface area contributed by atoms with E-state index in [2.05, 4.69) is 0 Å². The van der Waals surface area contributed by atoms with Crippen LogP contribution in [0.2, 0.25) is 5.02 Å². The zero-order chi connectivity index (χ0) is 14.1. The smallest absolute Gasteiger partial charge is 0.246 e. The Hall–Kier alpha value is -1.32. The van der Waals surface area contributed by atoms with Crippen LogP contribution in [0.3, 0.4) is 0 Å². The summed E-state index contributed by atoms with van der Waals surface area (Å²) in [5.74, 6) is 0.752. The minimum atomic E-state index is -0.231. The fourth-order valence-electron chi connectivity index (χ4n) is 3.29. The molecule has 1 saturated heterocycles. The first-order valence-electron chi connectivity index (χ1n) is 7.05. The first kappa shape index (κ1) is 13.7. The number of likely N-dealkylation sites (tertiary alicyclic amines) is 1. The molecule has 1 aliphatic carbocycles. The Morgan fingerprint density at radius 1 is 1.30 bits per heavy atom. The summed E-state index contributed by atoms with van der Waals surface area (Å²) >= 11 is 6.06. The van der Waals surface area contributed by atoms with Gasteiger partial charge in [0.15, 0.2) is 0 Å². The molecule has 0 spiro atoms. The van der Waals surface area contributed by atoms with Crippen LogP contribution in [-0.2, 0) is 4.79 Å². The van der Waals surface area contributed by atoms with Gasteiger partial charge in [-0.05, 0) is 36.5 Å². The number of hydrogen-bond acceptors (Lipinski definition) is 2. The SMILES string of the molecule is O=C(/C=C/c1ccccc1Cl)N1CC2CCC(O)C2C1. The number of amides is 1. The topological polar surface area (TPSA) is 40.5 Å². The van der Waals surface area contributed by atoms with Gasteiger partial charge in [-0.1, -0.05) is 29.8 Å². The molecule has 2 fully saturated rings. The summed E-state index contributed by atoms with van der Waals surface area (Å²) in [6.45, 7) is 1.45. The van der Waals surface area contributed by atoms with E-state index in [0.29, 0.717) is 17.5 Å². The molecule has 4 heteroatoms. The highest BCUT2D eigenvalue weighted by Gasteiger charge is 2.42. The molecule has 1 heterocycles. The van der Waals surface area contributed by atoms with Gasteiger partial charge in [-0.25, -0.2) is 0 Å². The van der Waals surface area contributed by atoms with E-state index in [4.69, 9.17) is 11.6 Å². The third-order valence-electron chi connectivity index (χ3n) is 4.44. The number of nitrogens with zero attached hydrogens (tertiary/aromatic N) is 1. The first-order chi connectivity index (χ1) is 9.65. The molecule has 0 bridgehead atoms. The van der Waals surface area contributed by atoms with Gasteiger partial charge >= 0.3 is 0 Å². The highest BCUT2D eigenvalue weighted by Crippen LogP contribution is 2.38. The summed E-state index contributed by atoms with van der Waals surface area (Å²) in [6.07, 6.45) is 5.02. The summed E-state index contributed by atoms with van der Waals surface area (Å²) < 4.78 is 0. The molecule has 1 N–H and O–H groups in total. The number of fused-ring (bicyclic) bond motifs is 1. The Morgan fingerprint density at radius 2 is 2.10 bits per heavy atom. The molecule has 3 rings (SSSR count). The lowest BCUT2D eigenvalue weighted by Crippen LogP contribution is -2.29. The van der Waals surface area contributed by atoms with E-state index < -0.39 is 0 Å². The molecule has 20 heavy (non-hydrogen) atoms. The second kappa shape index (κ2) is 5.58. The number of carbonyl (C=O) groups is 1. The van der Waals surface area contributed by atoms with Gasteiger partial charge in [0, 0.05) is 30.1 Å². The average molecular weight is 292 g/mol. The molecule has 1 saturated carbocycles. The van der Waals surface area contributed by atoms with Crippen molar-refractivity contribution in [2.75, 3.05) is 13.1 Å². The van der Waals surface area contributed by atoms with Crippen LogP contribution in [0.5, 0.6) is 0 Å². The van der Waals surface area contributed by atoms with Crippen LogP contribution in [0.4, 0.5) is 0 Å². The zero-order valence-electron chi connectivity index (χ0n) is 11.2. The van der Waals surface area contributed by atoms with Crippen molar-refractivity contribution in [3.63, 3.8) is 0 Å². The summed E-state index contributed by atoms with van der Waals surface area (Å²) in [5, 5.41) is 10.5. The maximum atomic E-state index is 12.2. The highest BCUT2D eigenvalue weighted by atomic mass is 35.5. The maximum Gasteiger partial charge on any atom is 0.246 e. The quantitative estimate of drug-likeness (QED) is 0.851. The van der Waals surface area contributed by atoms with Gasteiger partial charge in [0.2, 0.25) is 5.91 Å². The molecule has 1 amide bonds. The Kier molecular flexibility index (Phi) is 3.81. The van der Waals surface area contributed by atoms with Crippen LogP contribution in [-0.4, -0.2) is 35.1 Å². The maximum absolute atomic E-state index is 12.2. The van der Waals surface area contributed by atoms with Crippen LogP contribution in [0, 0.1) is 11.8 Å². The molecule has 1 aromatic carbocycles. The number of hydrogen-bond donors (Lipinski definition) is 1. The van der Waals surface area contributed by atoms with Crippen LogP contribution in [0.1, 0.15) is 18.4 Å². The average Bonchev–Trinajstić information content (AvgIpc) is 3.00. The fraction of sp³-hybridized carbons (Fsp3) is 0.438. The lowest BCUT2D eigenvalue weighted by Gasteiger charge is -2.16. The molecule has 0 aromatic heterocycles. The number of halogens is 1. The molecule has 0 radical (unpaired) electrons. The molecule has 3 unspecified atom stereocenters. The number of rotatable bonds is 2. The van der Waals surface area contributed by atoms with E-state index in [-0.39, 0.29) is 17.9 Å². The molecule has 3 atom stereocenters. The van der Waals surface area contributed by atoms with E-state index in [1.165, 1.54) is 0 Å². The Labute approximate surface area is 123 Å². The van der Waals surface area contributed by atoms with E-state index in [1.54, 1.807) is 12.2 Å². The van der Waals surface area contributed by atoms with Gasteiger partial charge in [-0.2, -0.15) is 0 Å². The monoisotopic (exact) mass is 291 g/mol. The van der Waals surface area contributed by atoms with Gasteiger partial charge in [0.25, 0.3) is 0 Å². The molecule has 1 aromatic rings. The van der Waals surface area contributed by atoms with Crippen molar-refractivity contribution in [2.24, 2.45) is 11.8 Å². The molecular formula is C16H18ClNO2. The normalized spacial score (nSPS) is 29.1. The van der Waals surface area contributed by atoms with Gasteiger partial charge in [-0.3, -0.25) is 4.79 Å². The number of benzene rings is 1. The fourth-order valence-corrected chi connectivity index (χ4v) is 3.49. The predicted octanol–water partition coefficient (Wildman–Crippen LogP) is 2.58. The van der Waals surface area contributed by atoms with Crippen LogP contribution < -0.4 is 0 Å². The lowest BCUT2D eigenvalue weighted by molar-refractivity contribution is -0.125. The van der Waals surface area contributed by atoms with Gasteiger partial charge in [-0.15, -0.1) is 0 Å². The Morgan fingerprint density at radius 3 is 2.85 bits per heavy atom. The van der Waals surface area contributed by atoms with Crippen molar-refractivity contribution in [1.29, 1.82) is 0 Å². The largest absolute Gasteiger partial charge is 0.393 e. The van der Waals surface area contributed by atoms with Gasteiger partial charge < -0.3 is 10.0 Å². The van der Waals surface area contributed by atoms with Gasteiger partial charge in [0.1, 0.15) is 0 Å². The van der Waals surface area contributed by atoms with Crippen molar-refractivity contribution in [3.05, 3.63) is 40.9 Å². The minimum Gasteiger partial charge on any atom is -0.393 e. The van der Waals surface area contributed by atoms with Crippen LogP contribution in [0.15, 0.2) is 30.3 Å². The second-order valence-electron chi connectivity index (χ2n) is 5.67. The second-order valence-corrected chi connectivity index (χ2v) is 6.07. The van der Waals surface area contributed by atoms with Crippen LogP contribution >= 0.6 is 11.6 Å². The van der Waals surface area contributed by atoms with Crippen molar-refractivity contribution < 1.29 is 9.90 Å². The molecule has 2 aliphatic rings. The third kappa shape index (κ3) is 2.60. The number of carbonyl (C=O) groups excluding carboxylic acids is 1. The number of aliphatic hydroxyl groups excluding tert-OH is 1. The van der Waals surface area contributed by atoms with Crippen molar-refractivity contribution in [2.45, 2.75) is 18.9 Å². The van der Waals surface area contributed by atoms with Crippen molar-refractivity contribution >= 4 is 23.6 Å². The molecule has 106 valence electrons. The first-order valence-corrected chi connectivity index (χ1v) is 7.42. The molecule has 1 aliphatic heterocycles. The summed E-state index contributed by atoms with van der Waals surface area (Å²) in [4.78, 5) is 14.0. The van der Waals surface area contributed by atoms with Gasteiger partial charge in [0.05, 0.1) is 6.10 Å². The van der Waals surface area contributed by atoms with Crippen molar-refractivity contribution in [1.82, 2.24) is 4.90 Å². The standard InChI is InChI=1S/C16H18ClNO2/c17-14-4-2-1-3-11(14)6-8-16(20)18-9-12-5-7-15(19)13(12)10-18/h1-4,6,8,12-13,15,19H,5,7,9-10H2/b8-6+. The predicted molar refractivity (Wildman–Crippen MR) is 79.3 cm³/mol. The van der Waals surface area contributed by atoms with Crippen molar-refractivity contribution in [3.8, 4) is 0 Å². The zero-order valence-corrected chi connectivity index (χ0v) is 12.0. The number of aliphatic hydroxyl groups is 1. The molecular weight excluding hydrogens is 274 g/mol. The third-order valence-corrected chi connectivity index (χ3v) is 4.79. The highest BCUT2D eigenvalue weighted by molar-refractivity contribution is 6.32. The Bertz CT molecular complexity index is 543. The van der Waals surface area contributed by atoms with E-state index in [9.17, 15) is 9.90 Å². The summed E-state index contributed by atoms with van der Waals surface area (Å²) in [7, 11) is 0. The van der Waals surface area contributed by atoms with Crippen LogP contribution in [0.25, 0.3) is 6.08 Å². The lowest BCUT2D eigenvalue weighted by atomic mass is 10.00. The summed E-state index contributed by atoms with van der Waals surface area (Å²) in [6, 6.07) is 7.45. The van der Waals surface area contributed by atoms with E-state index >= 15 is 0 Å².